The molecule has 15 heavy (non-hydrogen) atoms. The van der Waals surface area contributed by atoms with Crippen molar-refractivity contribution < 1.29 is 0 Å². The molecule has 3 nitrogen and oxygen atoms in total. The molecule has 1 aromatic heterocycles. The van der Waals surface area contributed by atoms with Crippen molar-refractivity contribution in [1.29, 1.82) is 0 Å². The Balaban J connectivity index is 2.09. The van der Waals surface area contributed by atoms with E-state index in [0.717, 1.165) is 12.4 Å². The lowest BCUT2D eigenvalue weighted by molar-refractivity contribution is 0.703. The molecule has 0 amide bonds. The summed E-state index contributed by atoms with van der Waals surface area (Å²) in [6, 6.07) is 2.54. The van der Waals surface area contributed by atoms with Gasteiger partial charge in [0.25, 0.3) is 0 Å². The fraction of sp³-hybridized carbons (Fsp3) is 0.636. The van der Waals surface area contributed by atoms with Gasteiger partial charge in [0.15, 0.2) is 0 Å². The Morgan fingerprint density at radius 3 is 2.87 bits per heavy atom. The highest BCUT2D eigenvalue weighted by Gasteiger charge is 2.29. The molecule has 0 aliphatic heterocycles. The van der Waals surface area contributed by atoms with Gasteiger partial charge < -0.3 is 4.90 Å². The van der Waals surface area contributed by atoms with E-state index in [-0.39, 0.29) is 0 Å². The lowest BCUT2D eigenvalue weighted by Crippen LogP contribution is -2.27. The van der Waals surface area contributed by atoms with Crippen LogP contribution in [0.2, 0.25) is 5.15 Å². The van der Waals surface area contributed by atoms with Crippen LogP contribution in [-0.4, -0.2) is 22.6 Å². The Kier molecular flexibility index (Phi) is 3.41. The molecular weight excluding hydrogens is 210 g/mol. The Morgan fingerprint density at radius 1 is 1.47 bits per heavy atom. The second kappa shape index (κ2) is 4.79. The van der Waals surface area contributed by atoms with Crippen molar-refractivity contribution in [3.05, 3.63) is 17.5 Å². The van der Waals surface area contributed by atoms with E-state index in [9.17, 15) is 0 Å². The quantitative estimate of drug-likeness (QED) is 0.722. The van der Waals surface area contributed by atoms with E-state index in [1.165, 1.54) is 25.7 Å². The predicted octanol–water partition coefficient (Wildman–Crippen LogP) is 2.90. The molecule has 4 heteroatoms. The van der Waals surface area contributed by atoms with Crippen LogP contribution >= 0.6 is 11.6 Å². The van der Waals surface area contributed by atoms with Crippen LogP contribution in [0.25, 0.3) is 0 Å². The summed E-state index contributed by atoms with van der Waals surface area (Å²) in [6.07, 6.45) is 6.52. The topological polar surface area (TPSA) is 29.0 Å². The van der Waals surface area contributed by atoms with E-state index in [0.29, 0.717) is 11.2 Å². The number of hydrogen-bond donors (Lipinski definition) is 0. The maximum absolute atomic E-state index is 5.87. The van der Waals surface area contributed by atoms with Gasteiger partial charge in [-0.05, 0) is 19.3 Å². The first-order chi connectivity index (χ1) is 7.31. The molecule has 1 aliphatic rings. The van der Waals surface area contributed by atoms with Crippen LogP contribution in [0, 0.1) is 0 Å². The lowest BCUT2D eigenvalue weighted by atomic mass is 10.3. The first kappa shape index (κ1) is 10.7. The SMILES string of the molecule is CCCCN(c1cc(Cl)ncn1)C1CC1. The molecule has 0 aromatic carbocycles. The van der Waals surface area contributed by atoms with Crippen LogP contribution in [0.15, 0.2) is 12.4 Å². The summed E-state index contributed by atoms with van der Waals surface area (Å²) in [4.78, 5) is 10.6. The highest BCUT2D eigenvalue weighted by atomic mass is 35.5. The van der Waals surface area contributed by atoms with Gasteiger partial charge in [-0.1, -0.05) is 24.9 Å². The molecule has 0 radical (unpaired) electrons. The molecule has 1 aromatic rings. The summed E-state index contributed by atoms with van der Waals surface area (Å²) in [5.74, 6) is 0.978. The summed E-state index contributed by atoms with van der Waals surface area (Å²) in [5, 5.41) is 0.530. The van der Waals surface area contributed by atoms with Gasteiger partial charge in [0.2, 0.25) is 0 Å². The summed E-state index contributed by atoms with van der Waals surface area (Å²) in [5.41, 5.74) is 0. The molecular formula is C11H16ClN3. The average molecular weight is 226 g/mol. The van der Waals surface area contributed by atoms with E-state index in [1.54, 1.807) is 6.33 Å². The van der Waals surface area contributed by atoms with E-state index in [4.69, 9.17) is 11.6 Å². The van der Waals surface area contributed by atoms with E-state index in [2.05, 4.69) is 21.8 Å². The number of anilines is 1. The molecule has 0 spiro atoms. The van der Waals surface area contributed by atoms with Crippen LogP contribution < -0.4 is 4.90 Å². The van der Waals surface area contributed by atoms with Gasteiger partial charge in [-0.3, -0.25) is 0 Å². The van der Waals surface area contributed by atoms with Crippen molar-refractivity contribution in [2.24, 2.45) is 0 Å². The average Bonchev–Trinajstić information content (AvgIpc) is 3.03. The van der Waals surface area contributed by atoms with E-state index < -0.39 is 0 Å². The maximum atomic E-state index is 5.87. The zero-order valence-electron chi connectivity index (χ0n) is 8.99. The van der Waals surface area contributed by atoms with E-state index >= 15 is 0 Å². The molecule has 1 heterocycles. The van der Waals surface area contributed by atoms with Gasteiger partial charge in [0.1, 0.15) is 17.3 Å². The van der Waals surface area contributed by atoms with Crippen molar-refractivity contribution in [3.63, 3.8) is 0 Å². The standard InChI is InChI=1S/C11H16ClN3/c1-2-3-6-15(9-4-5-9)11-7-10(12)13-8-14-11/h7-9H,2-6H2,1H3. The zero-order valence-corrected chi connectivity index (χ0v) is 9.74. The number of unbranched alkanes of at least 4 members (excludes halogenated alkanes) is 1. The fourth-order valence-corrected chi connectivity index (χ4v) is 1.82. The maximum Gasteiger partial charge on any atom is 0.134 e. The normalized spacial score (nSPS) is 15.3. The van der Waals surface area contributed by atoms with Crippen LogP contribution in [0.1, 0.15) is 32.6 Å². The van der Waals surface area contributed by atoms with Crippen LogP contribution in [-0.2, 0) is 0 Å². The number of halogens is 1. The largest absolute Gasteiger partial charge is 0.353 e. The van der Waals surface area contributed by atoms with Crippen molar-refractivity contribution in [3.8, 4) is 0 Å². The third kappa shape index (κ3) is 2.81. The van der Waals surface area contributed by atoms with Crippen LogP contribution in [0.5, 0.6) is 0 Å². The molecule has 0 N–H and O–H groups in total. The Bertz CT molecular complexity index is 325. The van der Waals surface area contributed by atoms with Crippen LogP contribution in [0.3, 0.4) is 0 Å². The molecule has 82 valence electrons. The molecule has 1 aliphatic carbocycles. The van der Waals surface area contributed by atoms with E-state index in [1.807, 2.05) is 6.07 Å². The van der Waals surface area contributed by atoms with Crippen molar-refractivity contribution in [2.75, 3.05) is 11.4 Å². The molecule has 1 saturated carbocycles. The lowest BCUT2D eigenvalue weighted by Gasteiger charge is -2.22. The predicted molar refractivity (Wildman–Crippen MR) is 62.3 cm³/mol. The summed E-state index contributed by atoms with van der Waals surface area (Å²) >= 11 is 5.87. The van der Waals surface area contributed by atoms with Crippen molar-refractivity contribution in [1.82, 2.24) is 9.97 Å². The van der Waals surface area contributed by atoms with Crippen molar-refractivity contribution in [2.45, 2.75) is 38.6 Å². The van der Waals surface area contributed by atoms with Gasteiger partial charge >= 0.3 is 0 Å². The molecule has 1 fully saturated rings. The van der Waals surface area contributed by atoms with Crippen LogP contribution in [0.4, 0.5) is 5.82 Å². The minimum absolute atomic E-state index is 0.530. The smallest absolute Gasteiger partial charge is 0.134 e. The number of aromatic nitrogens is 2. The molecule has 0 saturated heterocycles. The second-order valence-electron chi connectivity index (χ2n) is 3.98. The van der Waals surface area contributed by atoms with Gasteiger partial charge in [0, 0.05) is 18.7 Å². The number of hydrogen-bond acceptors (Lipinski definition) is 3. The Hall–Kier alpha value is -0.830. The summed E-state index contributed by atoms with van der Waals surface area (Å²) in [7, 11) is 0. The summed E-state index contributed by atoms with van der Waals surface area (Å²) in [6.45, 7) is 3.28. The minimum Gasteiger partial charge on any atom is -0.353 e. The molecule has 0 unspecified atom stereocenters. The number of rotatable bonds is 5. The molecule has 0 atom stereocenters. The number of nitrogens with zero attached hydrogens (tertiary/aromatic N) is 3. The monoisotopic (exact) mass is 225 g/mol. The Labute approximate surface area is 95.5 Å². The van der Waals surface area contributed by atoms with Crippen molar-refractivity contribution >= 4 is 17.4 Å². The molecule has 0 bridgehead atoms. The third-order valence-corrected chi connectivity index (χ3v) is 2.86. The third-order valence-electron chi connectivity index (χ3n) is 2.65. The van der Waals surface area contributed by atoms with Gasteiger partial charge in [0.05, 0.1) is 0 Å². The summed E-state index contributed by atoms with van der Waals surface area (Å²) < 4.78 is 0. The van der Waals surface area contributed by atoms with Gasteiger partial charge in [-0.25, -0.2) is 9.97 Å². The van der Waals surface area contributed by atoms with Gasteiger partial charge in [-0.2, -0.15) is 0 Å². The van der Waals surface area contributed by atoms with Gasteiger partial charge in [-0.15, -0.1) is 0 Å². The highest BCUT2D eigenvalue weighted by Crippen LogP contribution is 2.31. The molecule has 2 rings (SSSR count). The highest BCUT2D eigenvalue weighted by molar-refractivity contribution is 6.29. The second-order valence-corrected chi connectivity index (χ2v) is 4.36. The minimum atomic E-state index is 0.530. The fourth-order valence-electron chi connectivity index (χ4n) is 1.68. The Morgan fingerprint density at radius 2 is 2.27 bits per heavy atom. The first-order valence-electron chi connectivity index (χ1n) is 5.55. The first-order valence-corrected chi connectivity index (χ1v) is 5.93. The zero-order chi connectivity index (χ0) is 10.7.